The van der Waals surface area contributed by atoms with Crippen LogP contribution in [0.3, 0.4) is 0 Å². The van der Waals surface area contributed by atoms with Gasteiger partial charge < -0.3 is 9.88 Å². The van der Waals surface area contributed by atoms with E-state index in [0.717, 1.165) is 17.0 Å². The average molecular weight is 399 g/mol. The predicted octanol–water partition coefficient (Wildman–Crippen LogP) is 4.96. The summed E-state index contributed by atoms with van der Waals surface area (Å²) in [6, 6.07) is 14.7. The number of carbonyl (C=O) groups excluding carboxylic acids is 1. The molecular weight excluding hydrogens is 375 g/mol. The minimum absolute atomic E-state index is 0.123. The molecule has 5 nitrogen and oxygen atoms in total. The second-order valence-electron chi connectivity index (χ2n) is 6.65. The molecule has 0 aliphatic carbocycles. The summed E-state index contributed by atoms with van der Waals surface area (Å²) in [5.41, 5.74) is 2.06. The molecule has 0 saturated carbocycles. The summed E-state index contributed by atoms with van der Waals surface area (Å²) in [5, 5.41) is 11.8. The first kappa shape index (κ1) is 20.1. The Hall–Kier alpha value is -2.67. The summed E-state index contributed by atoms with van der Waals surface area (Å²) >= 11 is 1.28. The lowest BCUT2D eigenvalue weighted by Crippen LogP contribution is -2.15. The standard InChI is InChI=1S/C21H23FN4OS/c1-4-26-20(15-8-6-5-7-9-15)24-25-21(26)28-13-19(27)23-18-11-10-16(14(2)3)12-17(18)22/h5-12,14H,4,13H2,1-3H3,(H,23,27). The lowest BCUT2D eigenvalue weighted by atomic mass is 10.0. The van der Waals surface area contributed by atoms with Gasteiger partial charge in [-0.2, -0.15) is 0 Å². The van der Waals surface area contributed by atoms with E-state index in [2.05, 4.69) is 15.5 Å². The van der Waals surface area contributed by atoms with Crippen molar-refractivity contribution >= 4 is 23.4 Å². The first-order valence-corrected chi connectivity index (χ1v) is 10.2. The maximum absolute atomic E-state index is 14.2. The molecule has 0 atom stereocenters. The Morgan fingerprint density at radius 1 is 1.18 bits per heavy atom. The molecule has 7 heteroatoms. The van der Waals surface area contributed by atoms with E-state index in [4.69, 9.17) is 0 Å². The monoisotopic (exact) mass is 398 g/mol. The number of nitrogens with zero attached hydrogens (tertiary/aromatic N) is 3. The van der Waals surface area contributed by atoms with Crippen molar-refractivity contribution in [1.29, 1.82) is 0 Å². The molecule has 0 spiro atoms. The van der Waals surface area contributed by atoms with E-state index >= 15 is 0 Å². The van der Waals surface area contributed by atoms with Crippen molar-refractivity contribution in [3.63, 3.8) is 0 Å². The van der Waals surface area contributed by atoms with Gasteiger partial charge in [-0.3, -0.25) is 4.79 Å². The Balaban J connectivity index is 1.66. The number of aromatic nitrogens is 3. The van der Waals surface area contributed by atoms with Crippen LogP contribution in [0.5, 0.6) is 0 Å². The van der Waals surface area contributed by atoms with Gasteiger partial charge in [-0.15, -0.1) is 10.2 Å². The number of benzene rings is 2. The smallest absolute Gasteiger partial charge is 0.234 e. The van der Waals surface area contributed by atoms with Crippen LogP contribution in [0.2, 0.25) is 0 Å². The molecule has 28 heavy (non-hydrogen) atoms. The Labute approximate surface area is 168 Å². The zero-order valence-electron chi connectivity index (χ0n) is 16.1. The molecule has 1 heterocycles. The van der Waals surface area contributed by atoms with Gasteiger partial charge in [0.25, 0.3) is 0 Å². The fourth-order valence-electron chi connectivity index (χ4n) is 2.79. The van der Waals surface area contributed by atoms with Crippen LogP contribution in [0.1, 0.15) is 32.3 Å². The molecule has 0 unspecified atom stereocenters. The minimum Gasteiger partial charge on any atom is -0.323 e. The van der Waals surface area contributed by atoms with E-state index < -0.39 is 5.82 Å². The molecule has 0 fully saturated rings. The largest absolute Gasteiger partial charge is 0.323 e. The molecule has 0 saturated heterocycles. The number of nitrogens with one attached hydrogen (secondary N) is 1. The number of hydrogen-bond donors (Lipinski definition) is 1. The van der Waals surface area contributed by atoms with Crippen LogP contribution in [0, 0.1) is 5.82 Å². The molecule has 3 aromatic rings. The third-order valence-corrected chi connectivity index (χ3v) is 5.30. The molecule has 3 rings (SSSR count). The van der Waals surface area contributed by atoms with E-state index in [1.165, 1.54) is 17.8 Å². The molecule has 2 aromatic carbocycles. The molecule has 1 amide bonds. The molecular formula is C21H23FN4OS. The molecule has 146 valence electrons. The van der Waals surface area contributed by atoms with Crippen LogP contribution in [0.25, 0.3) is 11.4 Å². The number of carbonyl (C=O) groups is 1. The fraction of sp³-hybridized carbons (Fsp3) is 0.286. The number of rotatable bonds is 7. The minimum atomic E-state index is -0.423. The second-order valence-corrected chi connectivity index (χ2v) is 7.59. The van der Waals surface area contributed by atoms with Crippen molar-refractivity contribution < 1.29 is 9.18 Å². The van der Waals surface area contributed by atoms with Gasteiger partial charge in [0.1, 0.15) is 5.82 Å². The van der Waals surface area contributed by atoms with Gasteiger partial charge in [-0.25, -0.2) is 4.39 Å². The Kier molecular flexibility index (Phi) is 6.46. The molecule has 0 bridgehead atoms. The summed E-state index contributed by atoms with van der Waals surface area (Å²) in [7, 11) is 0. The summed E-state index contributed by atoms with van der Waals surface area (Å²) in [6.45, 7) is 6.69. The van der Waals surface area contributed by atoms with Gasteiger partial charge >= 0.3 is 0 Å². The number of halogens is 1. The predicted molar refractivity (Wildman–Crippen MR) is 111 cm³/mol. The van der Waals surface area contributed by atoms with Crippen molar-refractivity contribution in [1.82, 2.24) is 14.8 Å². The van der Waals surface area contributed by atoms with E-state index in [9.17, 15) is 9.18 Å². The van der Waals surface area contributed by atoms with Gasteiger partial charge in [-0.05, 0) is 30.5 Å². The van der Waals surface area contributed by atoms with Gasteiger partial charge in [-0.1, -0.05) is 62.0 Å². The summed E-state index contributed by atoms with van der Waals surface area (Å²) < 4.78 is 16.2. The normalized spacial score (nSPS) is 11.0. The lowest BCUT2D eigenvalue weighted by Gasteiger charge is -2.10. The fourth-order valence-corrected chi connectivity index (χ4v) is 3.59. The quantitative estimate of drug-likeness (QED) is 0.572. The highest BCUT2D eigenvalue weighted by molar-refractivity contribution is 7.99. The van der Waals surface area contributed by atoms with Gasteiger partial charge in [0, 0.05) is 12.1 Å². The van der Waals surface area contributed by atoms with Gasteiger partial charge in [0.2, 0.25) is 5.91 Å². The molecule has 0 radical (unpaired) electrons. The van der Waals surface area contributed by atoms with E-state index in [0.29, 0.717) is 11.7 Å². The Morgan fingerprint density at radius 2 is 1.93 bits per heavy atom. The molecule has 1 aromatic heterocycles. The van der Waals surface area contributed by atoms with Crippen molar-refractivity contribution in [3.8, 4) is 11.4 Å². The third-order valence-electron chi connectivity index (χ3n) is 4.33. The van der Waals surface area contributed by atoms with E-state index in [-0.39, 0.29) is 23.3 Å². The van der Waals surface area contributed by atoms with Crippen molar-refractivity contribution in [2.45, 2.75) is 38.4 Å². The Bertz CT molecular complexity index is 956. The van der Waals surface area contributed by atoms with Crippen LogP contribution < -0.4 is 5.32 Å². The van der Waals surface area contributed by atoms with Crippen LogP contribution in [-0.2, 0) is 11.3 Å². The molecule has 1 N–H and O–H groups in total. The highest BCUT2D eigenvalue weighted by Crippen LogP contribution is 2.25. The first-order valence-electron chi connectivity index (χ1n) is 9.20. The highest BCUT2D eigenvalue weighted by Gasteiger charge is 2.15. The van der Waals surface area contributed by atoms with Gasteiger partial charge in [0.05, 0.1) is 11.4 Å². The molecule has 0 aliphatic heterocycles. The first-order chi connectivity index (χ1) is 13.5. The summed E-state index contributed by atoms with van der Waals surface area (Å²) in [5.74, 6) is 0.411. The van der Waals surface area contributed by atoms with Crippen LogP contribution in [-0.4, -0.2) is 26.4 Å². The topological polar surface area (TPSA) is 59.8 Å². The highest BCUT2D eigenvalue weighted by atomic mass is 32.2. The average Bonchev–Trinajstić information content (AvgIpc) is 3.11. The van der Waals surface area contributed by atoms with Crippen LogP contribution >= 0.6 is 11.8 Å². The maximum Gasteiger partial charge on any atom is 0.234 e. The number of hydrogen-bond acceptors (Lipinski definition) is 4. The zero-order chi connectivity index (χ0) is 20.1. The number of anilines is 1. The van der Waals surface area contributed by atoms with Crippen LogP contribution in [0.15, 0.2) is 53.7 Å². The third kappa shape index (κ3) is 4.59. The zero-order valence-corrected chi connectivity index (χ0v) is 17.0. The number of thioether (sulfide) groups is 1. The number of amides is 1. The summed E-state index contributed by atoms with van der Waals surface area (Å²) in [4.78, 5) is 12.3. The second kappa shape index (κ2) is 9.01. The molecule has 0 aliphatic rings. The van der Waals surface area contributed by atoms with Crippen molar-refractivity contribution in [2.75, 3.05) is 11.1 Å². The van der Waals surface area contributed by atoms with E-state index in [1.807, 2.05) is 61.7 Å². The van der Waals surface area contributed by atoms with Crippen LogP contribution in [0.4, 0.5) is 10.1 Å². The lowest BCUT2D eigenvalue weighted by molar-refractivity contribution is -0.113. The van der Waals surface area contributed by atoms with Gasteiger partial charge in [0.15, 0.2) is 11.0 Å². The Morgan fingerprint density at radius 3 is 2.57 bits per heavy atom. The SMILES string of the molecule is CCn1c(SCC(=O)Nc2ccc(C(C)C)cc2F)nnc1-c1ccccc1. The van der Waals surface area contributed by atoms with Crippen molar-refractivity contribution in [3.05, 3.63) is 59.9 Å². The maximum atomic E-state index is 14.2. The summed E-state index contributed by atoms with van der Waals surface area (Å²) in [6.07, 6.45) is 0. The van der Waals surface area contributed by atoms with Crippen molar-refractivity contribution in [2.24, 2.45) is 0 Å². The van der Waals surface area contributed by atoms with E-state index in [1.54, 1.807) is 6.07 Å².